The standard InChI is InChI=1S/C31H25N/c1-30(23-32)29(22-28(24-14-6-2-7-15-24)25-16-8-3-9-17-25)31(30,26-18-10-4-11-19-26)27-20-12-5-13-21-27/h2-22,29H,1H3/t29-,30+/m0/s1. The second kappa shape index (κ2) is 7.98. The van der Waals surface area contributed by atoms with Crippen molar-refractivity contribution < 1.29 is 0 Å². The molecule has 4 aromatic carbocycles. The zero-order valence-electron chi connectivity index (χ0n) is 18.1. The van der Waals surface area contributed by atoms with Crippen molar-refractivity contribution in [1.82, 2.24) is 0 Å². The van der Waals surface area contributed by atoms with E-state index in [0.717, 1.165) is 0 Å². The molecule has 1 saturated carbocycles. The summed E-state index contributed by atoms with van der Waals surface area (Å²) in [7, 11) is 0. The maximum Gasteiger partial charge on any atom is 0.0764 e. The predicted molar refractivity (Wildman–Crippen MR) is 131 cm³/mol. The van der Waals surface area contributed by atoms with Crippen molar-refractivity contribution in [3.05, 3.63) is 150 Å². The minimum atomic E-state index is -0.551. The van der Waals surface area contributed by atoms with Crippen molar-refractivity contribution in [3.63, 3.8) is 0 Å². The fraction of sp³-hybridized carbons (Fsp3) is 0.129. The molecule has 1 aliphatic carbocycles. The summed E-state index contributed by atoms with van der Waals surface area (Å²) in [5.41, 5.74) is 4.95. The van der Waals surface area contributed by atoms with Gasteiger partial charge in [-0.05, 0) is 34.8 Å². The van der Waals surface area contributed by atoms with Crippen LogP contribution in [0.1, 0.15) is 29.2 Å². The molecule has 1 heteroatoms. The molecular formula is C31H25N. The first-order chi connectivity index (χ1) is 15.7. The van der Waals surface area contributed by atoms with E-state index in [1.54, 1.807) is 0 Å². The Kier molecular flexibility index (Phi) is 5.00. The van der Waals surface area contributed by atoms with Gasteiger partial charge >= 0.3 is 0 Å². The minimum absolute atomic E-state index is 0.0419. The van der Waals surface area contributed by atoms with Crippen molar-refractivity contribution >= 4 is 5.57 Å². The summed E-state index contributed by atoms with van der Waals surface area (Å²) >= 11 is 0. The van der Waals surface area contributed by atoms with Gasteiger partial charge in [0.15, 0.2) is 0 Å². The zero-order chi connectivity index (χ0) is 22.0. The van der Waals surface area contributed by atoms with E-state index in [4.69, 9.17) is 0 Å². The minimum Gasteiger partial charge on any atom is -0.198 e. The Bertz CT molecular complexity index is 1190. The van der Waals surface area contributed by atoms with Gasteiger partial charge in [0.25, 0.3) is 0 Å². The Balaban J connectivity index is 1.75. The maximum absolute atomic E-state index is 10.5. The zero-order valence-corrected chi connectivity index (χ0v) is 18.1. The lowest BCUT2D eigenvalue weighted by atomic mass is 9.81. The molecule has 0 N–H and O–H groups in total. The van der Waals surface area contributed by atoms with Gasteiger partial charge in [0.2, 0.25) is 0 Å². The van der Waals surface area contributed by atoms with Crippen LogP contribution in [-0.2, 0) is 5.41 Å². The highest BCUT2D eigenvalue weighted by atomic mass is 14.7. The Morgan fingerprint density at radius 2 is 1.03 bits per heavy atom. The third-order valence-corrected chi connectivity index (χ3v) is 7.02. The van der Waals surface area contributed by atoms with Crippen molar-refractivity contribution in [1.29, 1.82) is 5.26 Å². The van der Waals surface area contributed by atoms with Gasteiger partial charge in [-0.3, -0.25) is 0 Å². The van der Waals surface area contributed by atoms with Gasteiger partial charge in [0.05, 0.1) is 11.5 Å². The first kappa shape index (κ1) is 20.0. The van der Waals surface area contributed by atoms with E-state index in [9.17, 15) is 5.26 Å². The lowest BCUT2D eigenvalue weighted by Crippen LogP contribution is -2.17. The molecule has 1 aliphatic rings. The lowest BCUT2D eigenvalue weighted by molar-refractivity contribution is 0.630. The van der Waals surface area contributed by atoms with Crippen molar-refractivity contribution in [3.8, 4) is 6.07 Å². The van der Waals surface area contributed by atoms with E-state index < -0.39 is 5.41 Å². The first-order valence-corrected chi connectivity index (χ1v) is 11.1. The Hall–Kier alpha value is -3.89. The highest BCUT2D eigenvalue weighted by molar-refractivity contribution is 5.81. The SMILES string of the molecule is C[C@@]1(C#N)[C@H](C=C(c2ccccc2)c2ccccc2)C1(c1ccccc1)c1ccccc1. The summed E-state index contributed by atoms with van der Waals surface area (Å²) in [6, 6.07) is 44.8. The molecule has 0 heterocycles. The van der Waals surface area contributed by atoms with Crippen LogP contribution in [0.4, 0.5) is 0 Å². The summed E-state index contributed by atoms with van der Waals surface area (Å²) in [6.07, 6.45) is 2.34. The molecule has 1 fully saturated rings. The van der Waals surface area contributed by atoms with Gasteiger partial charge < -0.3 is 0 Å². The molecule has 0 bridgehead atoms. The quantitative estimate of drug-likeness (QED) is 0.339. The molecule has 4 aromatic rings. The van der Waals surface area contributed by atoms with Crippen LogP contribution >= 0.6 is 0 Å². The highest BCUT2D eigenvalue weighted by Crippen LogP contribution is 2.73. The van der Waals surface area contributed by atoms with Gasteiger partial charge in [0, 0.05) is 11.3 Å². The number of rotatable bonds is 5. The fourth-order valence-corrected chi connectivity index (χ4v) is 5.39. The van der Waals surface area contributed by atoms with E-state index in [0.29, 0.717) is 0 Å². The fourth-order valence-electron chi connectivity index (χ4n) is 5.39. The Morgan fingerprint density at radius 1 is 0.656 bits per heavy atom. The van der Waals surface area contributed by atoms with Gasteiger partial charge in [0.1, 0.15) is 0 Å². The highest BCUT2D eigenvalue weighted by Gasteiger charge is 2.75. The number of hydrogen-bond donors (Lipinski definition) is 0. The van der Waals surface area contributed by atoms with Crippen LogP contribution in [-0.4, -0.2) is 0 Å². The normalized spacial score (nSPS) is 20.7. The molecule has 0 unspecified atom stereocenters. The van der Waals surface area contributed by atoms with E-state index in [1.807, 2.05) is 24.3 Å². The van der Waals surface area contributed by atoms with E-state index in [2.05, 4.69) is 116 Å². The molecule has 0 saturated heterocycles. The molecule has 0 aliphatic heterocycles. The summed E-state index contributed by atoms with van der Waals surface area (Å²) in [6.45, 7) is 2.11. The largest absolute Gasteiger partial charge is 0.198 e. The van der Waals surface area contributed by atoms with Crippen LogP contribution in [0.25, 0.3) is 5.57 Å². The van der Waals surface area contributed by atoms with Crippen LogP contribution in [0.3, 0.4) is 0 Å². The van der Waals surface area contributed by atoms with Crippen LogP contribution in [0.2, 0.25) is 0 Å². The summed E-state index contributed by atoms with van der Waals surface area (Å²) in [4.78, 5) is 0. The second-order valence-electron chi connectivity index (χ2n) is 8.64. The van der Waals surface area contributed by atoms with Crippen molar-refractivity contribution in [2.75, 3.05) is 0 Å². The van der Waals surface area contributed by atoms with Gasteiger partial charge in [-0.1, -0.05) is 127 Å². The Morgan fingerprint density at radius 3 is 1.41 bits per heavy atom. The van der Waals surface area contributed by atoms with Gasteiger partial charge in [-0.2, -0.15) is 5.26 Å². The summed E-state index contributed by atoms with van der Waals surface area (Å²) in [5.74, 6) is 0.0419. The van der Waals surface area contributed by atoms with Gasteiger partial charge in [-0.15, -0.1) is 0 Å². The van der Waals surface area contributed by atoms with E-state index in [1.165, 1.54) is 27.8 Å². The van der Waals surface area contributed by atoms with E-state index >= 15 is 0 Å². The molecule has 0 radical (unpaired) electrons. The molecule has 0 aromatic heterocycles. The lowest BCUT2D eigenvalue weighted by Gasteiger charge is -2.21. The number of benzene rings is 4. The molecule has 2 atom stereocenters. The van der Waals surface area contributed by atoms with Crippen LogP contribution in [0.15, 0.2) is 127 Å². The van der Waals surface area contributed by atoms with Crippen LogP contribution in [0.5, 0.6) is 0 Å². The monoisotopic (exact) mass is 411 g/mol. The van der Waals surface area contributed by atoms with Crippen molar-refractivity contribution in [2.24, 2.45) is 11.3 Å². The van der Waals surface area contributed by atoms with Crippen molar-refractivity contribution in [2.45, 2.75) is 12.3 Å². The number of hydrogen-bond acceptors (Lipinski definition) is 1. The third-order valence-electron chi connectivity index (χ3n) is 7.02. The third kappa shape index (κ3) is 3.00. The number of allylic oxidation sites excluding steroid dienone is 1. The molecular weight excluding hydrogens is 386 g/mol. The summed E-state index contributed by atoms with van der Waals surface area (Å²) in [5, 5.41) is 10.5. The molecule has 5 rings (SSSR count). The average Bonchev–Trinajstić information content (AvgIpc) is 3.43. The van der Waals surface area contributed by atoms with Crippen LogP contribution in [0, 0.1) is 22.7 Å². The maximum atomic E-state index is 10.5. The molecule has 0 spiro atoms. The summed E-state index contributed by atoms with van der Waals surface area (Å²) < 4.78 is 0. The smallest absolute Gasteiger partial charge is 0.0764 e. The first-order valence-electron chi connectivity index (χ1n) is 11.1. The molecule has 154 valence electrons. The topological polar surface area (TPSA) is 23.8 Å². The second-order valence-corrected chi connectivity index (χ2v) is 8.64. The van der Waals surface area contributed by atoms with E-state index in [-0.39, 0.29) is 11.3 Å². The molecule has 0 amide bonds. The molecule has 32 heavy (non-hydrogen) atoms. The predicted octanol–water partition coefficient (Wildman–Crippen LogP) is 7.26. The van der Waals surface area contributed by atoms with Gasteiger partial charge in [-0.25, -0.2) is 0 Å². The molecule has 1 nitrogen and oxygen atoms in total. The number of nitrogens with zero attached hydrogens (tertiary/aromatic N) is 1. The Labute approximate surface area is 190 Å². The average molecular weight is 412 g/mol. The number of nitriles is 1. The van der Waals surface area contributed by atoms with Crippen LogP contribution < -0.4 is 0 Å².